The summed E-state index contributed by atoms with van der Waals surface area (Å²) in [6, 6.07) is 4.97. The summed E-state index contributed by atoms with van der Waals surface area (Å²) in [6.07, 6.45) is 2.54. The molecule has 108 valence electrons. The van der Waals surface area contributed by atoms with Gasteiger partial charge in [-0.3, -0.25) is 4.79 Å². The quantitative estimate of drug-likeness (QED) is 0.335. The first-order valence-electron chi connectivity index (χ1n) is 6.26. The molecule has 5 nitrogen and oxygen atoms in total. The highest BCUT2D eigenvalue weighted by Gasteiger charge is 2.32. The van der Waals surface area contributed by atoms with Crippen LogP contribution in [-0.2, 0) is 0 Å². The van der Waals surface area contributed by atoms with E-state index < -0.39 is 0 Å². The number of hydrogen-bond acceptors (Lipinski definition) is 3. The number of nitrogens with one attached hydrogen (secondary N) is 1. The minimum absolute atomic E-state index is 0.127. The van der Waals surface area contributed by atoms with E-state index >= 15 is 0 Å². The molecule has 2 rings (SSSR count). The maximum absolute atomic E-state index is 12.2. The topological polar surface area (TPSA) is 87.7 Å². The number of carbonyl (C=O) groups excluding carboxylic acids is 1. The normalized spacial score (nSPS) is 22.8. The number of rotatable bonds is 3. The van der Waals surface area contributed by atoms with Crippen molar-refractivity contribution in [2.45, 2.75) is 25.3 Å². The number of amidine groups is 1. The smallest absolute Gasteiger partial charge is 0.253 e. The van der Waals surface area contributed by atoms with Gasteiger partial charge in [-0.2, -0.15) is 0 Å². The average Bonchev–Trinajstić information content (AvgIpc) is 2.85. The molecule has 0 saturated heterocycles. The number of hydrogen-bond donors (Lipinski definition) is 3. The molecule has 7 heteroatoms. The van der Waals surface area contributed by atoms with Crippen molar-refractivity contribution in [1.82, 2.24) is 5.32 Å². The predicted molar refractivity (Wildman–Crippen MR) is 81.2 cm³/mol. The molecule has 20 heavy (non-hydrogen) atoms. The van der Waals surface area contributed by atoms with Crippen molar-refractivity contribution in [3.05, 3.63) is 33.3 Å². The molecule has 4 N–H and O–H groups in total. The van der Waals surface area contributed by atoms with Crippen molar-refractivity contribution in [1.29, 1.82) is 0 Å². The van der Waals surface area contributed by atoms with Gasteiger partial charge < -0.3 is 16.3 Å². The molecule has 1 amide bonds. The second-order valence-corrected chi connectivity index (χ2v) is 6.09. The monoisotopic (exact) mass is 359 g/mol. The van der Waals surface area contributed by atoms with E-state index in [1.807, 2.05) is 0 Å². The van der Waals surface area contributed by atoms with Gasteiger partial charge in [-0.25, -0.2) is 0 Å². The highest BCUT2D eigenvalue weighted by Crippen LogP contribution is 2.27. The fraction of sp³-hybridized carbons (Fsp3) is 0.385. The molecule has 1 saturated carbocycles. The van der Waals surface area contributed by atoms with Crippen LogP contribution >= 0.6 is 27.5 Å². The van der Waals surface area contributed by atoms with E-state index in [0.29, 0.717) is 10.6 Å². The highest BCUT2D eigenvalue weighted by atomic mass is 79.9. The first-order chi connectivity index (χ1) is 9.52. The number of nitrogens with two attached hydrogens (primary N) is 1. The number of nitrogens with zero attached hydrogens (tertiary/aromatic N) is 1. The lowest BCUT2D eigenvalue weighted by Crippen LogP contribution is -2.42. The van der Waals surface area contributed by atoms with Gasteiger partial charge in [0.2, 0.25) is 0 Å². The Hall–Kier alpha value is -1.27. The van der Waals surface area contributed by atoms with Crippen LogP contribution in [0.4, 0.5) is 0 Å². The summed E-state index contributed by atoms with van der Waals surface area (Å²) >= 11 is 9.35. The van der Waals surface area contributed by atoms with Crippen LogP contribution in [0.25, 0.3) is 0 Å². The molecule has 0 heterocycles. The lowest BCUT2D eigenvalue weighted by molar-refractivity contribution is 0.0933. The molecule has 1 aromatic carbocycles. The Morgan fingerprint density at radius 2 is 2.25 bits per heavy atom. The predicted octanol–water partition coefficient (Wildman–Crippen LogP) is 2.75. The van der Waals surface area contributed by atoms with Crippen molar-refractivity contribution in [2.75, 3.05) is 0 Å². The number of amides is 1. The molecule has 0 aromatic heterocycles. The van der Waals surface area contributed by atoms with Gasteiger partial charge >= 0.3 is 0 Å². The molecule has 0 aliphatic heterocycles. The Morgan fingerprint density at radius 3 is 2.90 bits per heavy atom. The maximum Gasteiger partial charge on any atom is 0.253 e. The SMILES string of the molecule is NC(=NO)C1CCCC1NC(=O)c1ccc(Br)cc1Cl. The Morgan fingerprint density at radius 1 is 1.50 bits per heavy atom. The molecule has 0 spiro atoms. The van der Waals surface area contributed by atoms with Crippen LogP contribution < -0.4 is 11.1 Å². The standard InChI is InChI=1S/C13H15BrClN3O2/c14-7-4-5-8(10(15)6-7)13(19)17-11-3-1-2-9(11)12(16)18-20/h4-6,9,11,20H,1-3H2,(H2,16,18)(H,17,19). The fourth-order valence-electron chi connectivity index (χ4n) is 2.48. The summed E-state index contributed by atoms with van der Waals surface area (Å²) in [7, 11) is 0. The van der Waals surface area contributed by atoms with Gasteiger partial charge in [0, 0.05) is 16.4 Å². The second-order valence-electron chi connectivity index (χ2n) is 4.77. The van der Waals surface area contributed by atoms with Gasteiger partial charge in [0.1, 0.15) is 5.84 Å². The van der Waals surface area contributed by atoms with Gasteiger partial charge in [-0.1, -0.05) is 39.1 Å². The maximum atomic E-state index is 12.2. The van der Waals surface area contributed by atoms with E-state index in [1.165, 1.54) is 0 Å². The minimum Gasteiger partial charge on any atom is -0.409 e. The summed E-state index contributed by atoms with van der Waals surface area (Å²) < 4.78 is 0.814. The van der Waals surface area contributed by atoms with Crippen molar-refractivity contribution in [2.24, 2.45) is 16.8 Å². The zero-order chi connectivity index (χ0) is 14.7. The highest BCUT2D eigenvalue weighted by molar-refractivity contribution is 9.10. The van der Waals surface area contributed by atoms with Crippen LogP contribution in [0.2, 0.25) is 5.02 Å². The second kappa shape index (κ2) is 6.45. The third kappa shape index (κ3) is 3.24. The molecular formula is C13H15BrClN3O2. The number of oxime groups is 1. The molecule has 2 atom stereocenters. The molecule has 2 unspecified atom stereocenters. The van der Waals surface area contributed by atoms with Gasteiger partial charge in [-0.05, 0) is 31.0 Å². The Kier molecular flexibility index (Phi) is 4.88. The summed E-state index contributed by atoms with van der Waals surface area (Å²) in [6.45, 7) is 0. The van der Waals surface area contributed by atoms with Gasteiger partial charge in [0.25, 0.3) is 5.91 Å². The summed E-state index contributed by atoms with van der Waals surface area (Å²) in [5.41, 5.74) is 6.07. The van der Waals surface area contributed by atoms with Crippen LogP contribution in [-0.4, -0.2) is 23.0 Å². The van der Waals surface area contributed by atoms with E-state index in [1.54, 1.807) is 18.2 Å². The molecular weight excluding hydrogens is 346 g/mol. The zero-order valence-corrected chi connectivity index (χ0v) is 13.0. The minimum atomic E-state index is -0.245. The van der Waals surface area contributed by atoms with Crippen molar-refractivity contribution >= 4 is 39.3 Å². The van der Waals surface area contributed by atoms with E-state index in [4.69, 9.17) is 22.5 Å². The van der Waals surface area contributed by atoms with Crippen LogP contribution in [0.15, 0.2) is 27.8 Å². The lowest BCUT2D eigenvalue weighted by Gasteiger charge is -2.20. The Balaban J connectivity index is 2.11. The third-order valence-electron chi connectivity index (χ3n) is 3.50. The van der Waals surface area contributed by atoms with E-state index in [-0.39, 0.29) is 23.7 Å². The van der Waals surface area contributed by atoms with Crippen LogP contribution in [0.3, 0.4) is 0 Å². The zero-order valence-electron chi connectivity index (χ0n) is 10.6. The molecule has 1 aliphatic carbocycles. The fourth-order valence-corrected chi connectivity index (χ4v) is 3.24. The van der Waals surface area contributed by atoms with Gasteiger partial charge in [0.15, 0.2) is 0 Å². The van der Waals surface area contributed by atoms with Crippen molar-refractivity contribution < 1.29 is 10.0 Å². The first-order valence-corrected chi connectivity index (χ1v) is 7.43. The van der Waals surface area contributed by atoms with Crippen LogP contribution in [0, 0.1) is 5.92 Å². The Bertz CT molecular complexity index is 550. The van der Waals surface area contributed by atoms with E-state index in [9.17, 15) is 4.79 Å². The van der Waals surface area contributed by atoms with Crippen LogP contribution in [0.5, 0.6) is 0 Å². The Labute approximate surface area is 130 Å². The summed E-state index contributed by atoms with van der Waals surface area (Å²) in [4.78, 5) is 12.2. The molecule has 0 radical (unpaired) electrons. The van der Waals surface area contributed by atoms with Crippen LogP contribution in [0.1, 0.15) is 29.6 Å². The molecule has 1 aromatic rings. The molecule has 0 bridgehead atoms. The summed E-state index contributed by atoms with van der Waals surface area (Å²) in [5, 5.41) is 15.1. The molecule has 1 fully saturated rings. The number of carbonyl (C=O) groups is 1. The largest absolute Gasteiger partial charge is 0.409 e. The molecule has 1 aliphatic rings. The summed E-state index contributed by atoms with van der Waals surface area (Å²) in [5.74, 6) is -0.210. The van der Waals surface area contributed by atoms with Crippen molar-refractivity contribution in [3.63, 3.8) is 0 Å². The van der Waals surface area contributed by atoms with Gasteiger partial charge in [0.05, 0.1) is 10.6 Å². The first kappa shape index (κ1) is 15.1. The van der Waals surface area contributed by atoms with E-state index in [2.05, 4.69) is 26.4 Å². The number of benzene rings is 1. The average molecular weight is 361 g/mol. The van der Waals surface area contributed by atoms with Crippen molar-refractivity contribution in [3.8, 4) is 0 Å². The lowest BCUT2D eigenvalue weighted by atomic mass is 10.0. The van der Waals surface area contributed by atoms with Gasteiger partial charge in [-0.15, -0.1) is 0 Å². The third-order valence-corrected chi connectivity index (χ3v) is 4.31. The van der Waals surface area contributed by atoms with E-state index in [0.717, 1.165) is 23.7 Å². The number of halogens is 2.